The molecule has 0 aromatic carbocycles. The molecule has 10 heteroatoms. The molecule has 2 N–H and O–H groups in total. The van der Waals surface area contributed by atoms with Crippen LogP contribution in [0.3, 0.4) is 0 Å². The average Bonchev–Trinajstić information content (AvgIpc) is 3.45. The Bertz CT molecular complexity index is 1120. The summed E-state index contributed by atoms with van der Waals surface area (Å²) in [6.07, 6.45) is 9.38. The third-order valence-electron chi connectivity index (χ3n) is 8.14. The van der Waals surface area contributed by atoms with Gasteiger partial charge < -0.3 is 15.3 Å². The highest BCUT2D eigenvalue weighted by Crippen LogP contribution is 2.58. The van der Waals surface area contributed by atoms with Gasteiger partial charge in [-0.05, 0) is 38.5 Å². The summed E-state index contributed by atoms with van der Waals surface area (Å²) in [6, 6.07) is 0. The number of aliphatic hydroxyl groups is 1. The first-order valence-corrected chi connectivity index (χ1v) is 13.0. The van der Waals surface area contributed by atoms with Gasteiger partial charge in [-0.2, -0.15) is 4.98 Å². The molecule has 2 unspecified atom stereocenters. The number of nitrogens with one attached hydrogen (secondary N) is 1. The van der Waals surface area contributed by atoms with Gasteiger partial charge in [0.25, 0.3) is 0 Å². The van der Waals surface area contributed by atoms with Gasteiger partial charge in [0.1, 0.15) is 16.5 Å². The van der Waals surface area contributed by atoms with Gasteiger partial charge in [-0.15, -0.1) is 0 Å². The number of halogens is 1. The highest BCUT2D eigenvalue weighted by atomic mass is 35.5. The van der Waals surface area contributed by atoms with Crippen LogP contribution in [-0.2, 0) is 10.8 Å². The van der Waals surface area contributed by atoms with Crippen LogP contribution in [0.25, 0.3) is 0 Å². The van der Waals surface area contributed by atoms with E-state index in [0.717, 1.165) is 74.0 Å². The molecule has 0 bridgehead atoms. The zero-order valence-corrected chi connectivity index (χ0v) is 19.2. The Morgan fingerprint density at radius 2 is 1.97 bits per heavy atom. The molecule has 1 spiro atoms. The zero-order chi connectivity index (χ0) is 21.7. The first-order chi connectivity index (χ1) is 15.5. The van der Waals surface area contributed by atoms with Gasteiger partial charge in [-0.1, -0.05) is 11.6 Å². The van der Waals surface area contributed by atoms with Crippen LogP contribution in [0.5, 0.6) is 0 Å². The van der Waals surface area contributed by atoms with Gasteiger partial charge >= 0.3 is 0 Å². The molecule has 5 aliphatic rings. The average molecular weight is 473 g/mol. The van der Waals surface area contributed by atoms with Gasteiger partial charge in [-0.25, -0.2) is 15.0 Å². The largest absolute Gasteiger partial charge is 0.394 e. The molecule has 7 rings (SSSR count). The van der Waals surface area contributed by atoms with E-state index in [1.165, 1.54) is 0 Å². The van der Waals surface area contributed by atoms with Crippen LogP contribution in [0.4, 0.5) is 11.8 Å². The van der Waals surface area contributed by atoms with Crippen LogP contribution < -0.4 is 10.2 Å². The van der Waals surface area contributed by atoms with E-state index in [1.807, 2.05) is 0 Å². The van der Waals surface area contributed by atoms with E-state index in [-0.39, 0.29) is 22.8 Å². The highest BCUT2D eigenvalue weighted by Gasteiger charge is 2.57. The summed E-state index contributed by atoms with van der Waals surface area (Å²) in [4.78, 5) is 21.6. The van der Waals surface area contributed by atoms with Crippen molar-refractivity contribution in [1.82, 2.24) is 19.9 Å². The van der Waals surface area contributed by atoms with E-state index in [9.17, 15) is 9.32 Å². The molecule has 4 fully saturated rings. The van der Waals surface area contributed by atoms with Gasteiger partial charge in [0, 0.05) is 48.0 Å². The standard InChI is InChI=1S/C22H25ClN6O2S/c23-13-7-24-18(25-8-13)12-5-21(6-12)9-29(10-21)20-26-16-14-4-15(14)32(31)17(16)19(27-20)28-22(11-30)2-1-3-22/h7-8,12,14-15,30H,1-6,9-11H2,(H,26,27,28)/t14?,15?,32-/m0/s1. The molecular weight excluding hydrogens is 448 g/mol. The summed E-state index contributed by atoms with van der Waals surface area (Å²) in [5, 5.41) is 14.2. The number of aromatic nitrogens is 4. The number of nitrogens with zero attached hydrogens (tertiary/aromatic N) is 5. The lowest BCUT2D eigenvalue weighted by Gasteiger charge is -2.58. The molecule has 2 aromatic rings. The molecule has 3 saturated carbocycles. The molecule has 0 amide bonds. The van der Waals surface area contributed by atoms with Crippen LogP contribution in [0.1, 0.15) is 61.9 Å². The van der Waals surface area contributed by atoms with Crippen molar-refractivity contribution < 1.29 is 9.32 Å². The molecule has 2 aromatic heterocycles. The number of rotatable bonds is 5. The fourth-order valence-corrected chi connectivity index (χ4v) is 7.92. The van der Waals surface area contributed by atoms with Crippen molar-refractivity contribution in [3.8, 4) is 0 Å². The number of fused-ring (bicyclic) bond motifs is 3. The van der Waals surface area contributed by atoms with Crippen LogP contribution in [-0.4, -0.2) is 59.7 Å². The lowest BCUT2D eigenvalue weighted by molar-refractivity contribution is 0.0582. The minimum absolute atomic E-state index is 0.0710. The number of hydrogen-bond acceptors (Lipinski definition) is 8. The molecule has 4 heterocycles. The molecule has 3 aliphatic carbocycles. The Labute approximate surface area is 193 Å². The quantitative estimate of drug-likeness (QED) is 0.684. The Hall–Kier alpha value is -1.84. The molecule has 32 heavy (non-hydrogen) atoms. The first kappa shape index (κ1) is 19.6. The highest BCUT2D eigenvalue weighted by molar-refractivity contribution is 7.86. The second-order valence-electron chi connectivity index (χ2n) is 10.4. The maximum absolute atomic E-state index is 12.9. The fourth-order valence-electron chi connectivity index (χ4n) is 6.02. The lowest BCUT2D eigenvalue weighted by Crippen LogP contribution is -2.62. The topological polar surface area (TPSA) is 104 Å². The van der Waals surface area contributed by atoms with Crippen LogP contribution in [0.15, 0.2) is 17.3 Å². The molecule has 0 radical (unpaired) electrons. The summed E-state index contributed by atoms with van der Waals surface area (Å²) < 4.78 is 12.9. The lowest BCUT2D eigenvalue weighted by atomic mass is 9.57. The Morgan fingerprint density at radius 1 is 1.22 bits per heavy atom. The molecule has 3 atom stereocenters. The van der Waals surface area contributed by atoms with E-state index in [0.29, 0.717) is 22.7 Å². The summed E-state index contributed by atoms with van der Waals surface area (Å²) >= 11 is 5.91. The van der Waals surface area contributed by atoms with Crippen LogP contribution in [0, 0.1) is 5.41 Å². The van der Waals surface area contributed by atoms with Crippen LogP contribution in [0.2, 0.25) is 5.02 Å². The fraction of sp³-hybridized carbons (Fsp3) is 0.636. The maximum Gasteiger partial charge on any atom is 0.227 e. The monoisotopic (exact) mass is 472 g/mol. The molecule has 8 nitrogen and oxygen atoms in total. The zero-order valence-electron chi connectivity index (χ0n) is 17.6. The second-order valence-corrected chi connectivity index (χ2v) is 12.4. The summed E-state index contributed by atoms with van der Waals surface area (Å²) in [5.74, 6) is 3.01. The molecule has 2 aliphatic heterocycles. The predicted molar refractivity (Wildman–Crippen MR) is 121 cm³/mol. The van der Waals surface area contributed by atoms with Crippen molar-refractivity contribution in [3.05, 3.63) is 28.9 Å². The number of aliphatic hydroxyl groups excluding tert-OH is 1. The van der Waals surface area contributed by atoms with Crippen molar-refractivity contribution in [2.45, 2.75) is 66.0 Å². The summed E-state index contributed by atoms with van der Waals surface area (Å²) in [5.41, 5.74) is 0.927. The van der Waals surface area contributed by atoms with Crippen molar-refractivity contribution in [1.29, 1.82) is 0 Å². The van der Waals surface area contributed by atoms with Crippen LogP contribution >= 0.6 is 11.6 Å². The normalized spacial score (nSPS) is 30.7. The Kier molecular flexibility index (Phi) is 4.05. The Morgan fingerprint density at radius 3 is 2.62 bits per heavy atom. The van der Waals surface area contributed by atoms with Crippen molar-refractivity contribution in [2.24, 2.45) is 5.41 Å². The van der Waals surface area contributed by atoms with Crippen molar-refractivity contribution in [2.75, 3.05) is 29.9 Å². The molecule has 168 valence electrons. The van der Waals surface area contributed by atoms with E-state index in [4.69, 9.17) is 21.6 Å². The van der Waals surface area contributed by atoms with Gasteiger partial charge in [0.15, 0.2) is 0 Å². The molecule has 1 saturated heterocycles. The molecular formula is C22H25ClN6O2S. The van der Waals surface area contributed by atoms with E-state index >= 15 is 0 Å². The van der Waals surface area contributed by atoms with Crippen molar-refractivity contribution >= 4 is 34.2 Å². The third kappa shape index (κ3) is 2.80. The first-order valence-electron chi connectivity index (χ1n) is 11.4. The minimum Gasteiger partial charge on any atom is -0.394 e. The van der Waals surface area contributed by atoms with Crippen molar-refractivity contribution in [3.63, 3.8) is 0 Å². The third-order valence-corrected chi connectivity index (χ3v) is 10.2. The van der Waals surface area contributed by atoms with E-state index in [1.54, 1.807) is 12.4 Å². The van der Waals surface area contributed by atoms with E-state index in [2.05, 4.69) is 20.2 Å². The minimum atomic E-state index is -1.04. The predicted octanol–water partition coefficient (Wildman–Crippen LogP) is 2.61. The number of anilines is 2. The van der Waals surface area contributed by atoms with Gasteiger partial charge in [0.2, 0.25) is 5.95 Å². The smallest absolute Gasteiger partial charge is 0.227 e. The summed E-state index contributed by atoms with van der Waals surface area (Å²) in [6.45, 7) is 1.93. The van der Waals surface area contributed by atoms with Gasteiger partial charge in [0.05, 0.1) is 33.7 Å². The number of hydrogen-bond donors (Lipinski definition) is 2. The maximum atomic E-state index is 12.9. The SMILES string of the molecule is O=[S@@]1c2c(NC3(CO)CCC3)nc(N3CC4(CC(c5ncc(Cl)cn5)C4)C3)nc2C2CC21. The second kappa shape index (κ2) is 6.61. The van der Waals surface area contributed by atoms with Gasteiger partial charge in [-0.3, -0.25) is 4.21 Å². The Balaban J connectivity index is 1.11. The van der Waals surface area contributed by atoms with E-state index < -0.39 is 10.8 Å². The summed E-state index contributed by atoms with van der Waals surface area (Å²) in [7, 11) is -1.04.